The van der Waals surface area contributed by atoms with Gasteiger partial charge in [-0.25, -0.2) is 9.18 Å². The van der Waals surface area contributed by atoms with E-state index in [1.165, 1.54) is 25.1 Å². The van der Waals surface area contributed by atoms with Gasteiger partial charge in [0.2, 0.25) is 0 Å². The van der Waals surface area contributed by atoms with Crippen molar-refractivity contribution in [1.29, 1.82) is 0 Å². The van der Waals surface area contributed by atoms with E-state index >= 15 is 0 Å². The number of H-pyrrole nitrogens is 1. The minimum atomic E-state index is -1.07. The fraction of sp³-hybridized carbons (Fsp3) is 0.143. The first-order valence-electron chi connectivity index (χ1n) is 6.07. The molecule has 7 heteroatoms. The van der Waals surface area contributed by atoms with Crippen LogP contribution in [0.4, 0.5) is 10.1 Å². The van der Waals surface area contributed by atoms with Crippen LogP contribution in [0.25, 0.3) is 0 Å². The van der Waals surface area contributed by atoms with Crippen LogP contribution in [0.5, 0.6) is 0 Å². The molecule has 1 atom stereocenters. The molecule has 1 heterocycles. The van der Waals surface area contributed by atoms with Gasteiger partial charge >= 0.3 is 5.97 Å². The lowest BCUT2D eigenvalue weighted by atomic mass is 10.3. The van der Waals surface area contributed by atoms with Crippen molar-refractivity contribution in [2.75, 3.05) is 5.32 Å². The van der Waals surface area contributed by atoms with Gasteiger partial charge in [-0.1, -0.05) is 11.6 Å². The number of anilines is 1. The SMILES string of the molecule is C[C@H](OC(=O)c1ccc[nH]1)C(=O)Nc1ccc(Cl)cc1F. The molecule has 2 N–H and O–H groups in total. The molecule has 1 aromatic carbocycles. The molecule has 110 valence electrons. The summed E-state index contributed by atoms with van der Waals surface area (Å²) in [5.74, 6) is -1.98. The van der Waals surface area contributed by atoms with E-state index in [1.54, 1.807) is 12.3 Å². The highest BCUT2D eigenvalue weighted by Gasteiger charge is 2.20. The summed E-state index contributed by atoms with van der Waals surface area (Å²) in [4.78, 5) is 26.2. The smallest absolute Gasteiger partial charge is 0.355 e. The molecule has 0 fully saturated rings. The molecular formula is C14H12ClFN2O3. The van der Waals surface area contributed by atoms with Crippen LogP contribution in [0.1, 0.15) is 17.4 Å². The van der Waals surface area contributed by atoms with Crippen molar-refractivity contribution in [3.8, 4) is 0 Å². The van der Waals surface area contributed by atoms with Crippen molar-refractivity contribution < 1.29 is 18.7 Å². The van der Waals surface area contributed by atoms with Gasteiger partial charge < -0.3 is 15.0 Å². The van der Waals surface area contributed by atoms with Crippen LogP contribution in [-0.4, -0.2) is 23.0 Å². The monoisotopic (exact) mass is 310 g/mol. The van der Waals surface area contributed by atoms with Gasteiger partial charge in [0.05, 0.1) is 5.69 Å². The molecule has 0 saturated heterocycles. The van der Waals surface area contributed by atoms with Crippen molar-refractivity contribution in [1.82, 2.24) is 4.98 Å². The van der Waals surface area contributed by atoms with Gasteiger partial charge in [0, 0.05) is 11.2 Å². The van der Waals surface area contributed by atoms with Crippen molar-refractivity contribution in [3.63, 3.8) is 0 Å². The average Bonchev–Trinajstić information content (AvgIpc) is 2.95. The number of aromatic amines is 1. The van der Waals surface area contributed by atoms with Crippen LogP contribution in [0.15, 0.2) is 36.5 Å². The normalized spacial score (nSPS) is 11.8. The standard InChI is InChI=1S/C14H12ClFN2O3/c1-8(21-14(20)12-3-2-6-17-12)13(19)18-11-5-4-9(15)7-10(11)16/h2-8,17H,1H3,(H,18,19)/t8-/m0/s1. The summed E-state index contributed by atoms with van der Waals surface area (Å²) in [5.41, 5.74) is 0.194. The molecule has 0 saturated carbocycles. The maximum absolute atomic E-state index is 13.5. The summed E-state index contributed by atoms with van der Waals surface area (Å²) in [6, 6.07) is 6.99. The summed E-state index contributed by atoms with van der Waals surface area (Å²) in [6.45, 7) is 1.39. The second kappa shape index (κ2) is 6.41. The van der Waals surface area contributed by atoms with Gasteiger partial charge in [-0.3, -0.25) is 4.79 Å². The molecule has 1 aromatic heterocycles. The Morgan fingerprint density at radius 3 is 2.76 bits per heavy atom. The Labute approximate surface area is 125 Å². The van der Waals surface area contributed by atoms with Gasteiger partial charge in [0.25, 0.3) is 5.91 Å². The molecule has 5 nitrogen and oxygen atoms in total. The van der Waals surface area contributed by atoms with Crippen LogP contribution in [0, 0.1) is 5.82 Å². The van der Waals surface area contributed by atoms with Gasteiger partial charge in [0.15, 0.2) is 6.10 Å². The van der Waals surface area contributed by atoms with Crippen LogP contribution < -0.4 is 5.32 Å². The fourth-order valence-corrected chi connectivity index (χ4v) is 1.72. The Bertz CT molecular complexity index is 658. The van der Waals surface area contributed by atoms with Crippen molar-refractivity contribution in [3.05, 3.63) is 53.1 Å². The number of amides is 1. The average molecular weight is 311 g/mol. The molecule has 21 heavy (non-hydrogen) atoms. The molecule has 0 aliphatic rings. The molecule has 0 bridgehead atoms. The van der Waals surface area contributed by atoms with Crippen LogP contribution in [0.2, 0.25) is 5.02 Å². The topological polar surface area (TPSA) is 71.2 Å². The third kappa shape index (κ3) is 3.82. The molecule has 1 amide bonds. The van der Waals surface area contributed by atoms with Gasteiger partial charge in [-0.05, 0) is 37.3 Å². The predicted molar refractivity (Wildman–Crippen MR) is 75.7 cm³/mol. The summed E-state index contributed by atoms with van der Waals surface area (Å²) in [6.07, 6.45) is 0.487. The van der Waals surface area contributed by atoms with E-state index in [1.807, 2.05) is 0 Å². The number of aromatic nitrogens is 1. The van der Waals surface area contributed by atoms with Gasteiger partial charge in [-0.2, -0.15) is 0 Å². The summed E-state index contributed by atoms with van der Waals surface area (Å²) in [5, 5.41) is 2.55. The van der Waals surface area contributed by atoms with E-state index < -0.39 is 23.8 Å². The summed E-state index contributed by atoms with van der Waals surface area (Å²) < 4.78 is 18.5. The zero-order chi connectivity index (χ0) is 15.4. The third-order valence-corrected chi connectivity index (χ3v) is 2.90. The molecule has 0 unspecified atom stereocenters. The van der Waals surface area contributed by atoms with E-state index in [0.717, 1.165) is 6.07 Å². The molecule has 0 aliphatic heterocycles. The van der Waals surface area contributed by atoms with Crippen LogP contribution in [0.3, 0.4) is 0 Å². The van der Waals surface area contributed by atoms with E-state index in [0.29, 0.717) is 0 Å². The Morgan fingerprint density at radius 1 is 1.38 bits per heavy atom. The minimum absolute atomic E-state index is 0.0350. The molecule has 2 aromatic rings. The van der Waals surface area contributed by atoms with E-state index in [9.17, 15) is 14.0 Å². The Hall–Kier alpha value is -2.34. The molecule has 2 rings (SSSR count). The first-order chi connectivity index (χ1) is 9.97. The number of hydrogen-bond donors (Lipinski definition) is 2. The lowest BCUT2D eigenvalue weighted by Gasteiger charge is -2.13. The van der Waals surface area contributed by atoms with E-state index in [4.69, 9.17) is 16.3 Å². The van der Waals surface area contributed by atoms with Crippen molar-refractivity contribution >= 4 is 29.2 Å². The maximum Gasteiger partial charge on any atom is 0.355 e. The lowest BCUT2D eigenvalue weighted by molar-refractivity contribution is -0.123. The van der Waals surface area contributed by atoms with Crippen molar-refractivity contribution in [2.45, 2.75) is 13.0 Å². The highest BCUT2D eigenvalue weighted by atomic mass is 35.5. The number of benzene rings is 1. The number of rotatable bonds is 4. The zero-order valence-corrected chi connectivity index (χ0v) is 11.8. The fourth-order valence-electron chi connectivity index (χ4n) is 1.56. The van der Waals surface area contributed by atoms with Crippen LogP contribution in [-0.2, 0) is 9.53 Å². The second-order valence-electron chi connectivity index (χ2n) is 4.24. The minimum Gasteiger partial charge on any atom is -0.448 e. The number of nitrogens with one attached hydrogen (secondary N) is 2. The Kier molecular flexibility index (Phi) is 4.59. The highest BCUT2D eigenvalue weighted by Crippen LogP contribution is 2.19. The number of carbonyl (C=O) groups is 2. The lowest BCUT2D eigenvalue weighted by Crippen LogP contribution is -2.30. The molecular weight excluding hydrogens is 299 g/mol. The van der Waals surface area contributed by atoms with Crippen LogP contribution >= 0.6 is 11.6 Å². The number of ether oxygens (including phenoxy) is 1. The Balaban J connectivity index is 1.98. The van der Waals surface area contributed by atoms with E-state index in [2.05, 4.69) is 10.3 Å². The number of halogens is 2. The first kappa shape index (κ1) is 15.1. The predicted octanol–water partition coefficient (Wildman–Crippen LogP) is 2.99. The molecule has 0 aliphatic carbocycles. The maximum atomic E-state index is 13.5. The highest BCUT2D eigenvalue weighted by molar-refractivity contribution is 6.30. The third-order valence-electron chi connectivity index (χ3n) is 2.66. The Morgan fingerprint density at radius 2 is 2.14 bits per heavy atom. The molecule has 0 radical (unpaired) electrons. The van der Waals surface area contributed by atoms with Gasteiger partial charge in [0.1, 0.15) is 11.5 Å². The first-order valence-corrected chi connectivity index (χ1v) is 6.45. The quantitative estimate of drug-likeness (QED) is 0.853. The number of hydrogen-bond acceptors (Lipinski definition) is 3. The second-order valence-corrected chi connectivity index (χ2v) is 4.68. The van der Waals surface area contributed by atoms with E-state index in [-0.39, 0.29) is 16.4 Å². The van der Waals surface area contributed by atoms with Crippen molar-refractivity contribution in [2.24, 2.45) is 0 Å². The number of esters is 1. The van der Waals surface area contributed by atoms with Gasteiger partial charge in [-0.15, -0.1) is 0 Å². The molecule has 0 spiro atoms. The summed E-state index contributed by atoms with van der Waals surface area (Å²) in [7, 11) is 0. The largest absolute Gasteiger partial charge is 0.448 e. The summed E-state index contributed by atoms with van der Waals surface area (Å²) >= 11 is 5.62. The zero-order valence-electron chi connectivity index (χ0n) is 11.0. The number of carbonyl (C=O) groups excluding carboxylic acids is 2.